The molecule has 0 amide bonds. The summed E-state index contributed by atoms with van der Waals surface area (Å²) >= 11 is 0. The highest BCUT2D eigenvalue weighted by Crippen LogP contribution is 2.58. The lowest BCUT2D eigenvalue weighted by molar-refractivity contribution is 0.768. The highest BCUT2D eigenvalue weighted by molar-refractivity contribution is 6.04. The molecule has 1 aliphatic carbocycles. The van der Waals surface area contributed by atoms with E-state index in [1.807, 2.05) is 0 Å². The molecule has 0 saturated heterocycles. The Morgan fingerprint density at radius 2 is 1.00 bits per heavy atom. The first-order chi connectivity index (χ1) is 17.8. The molecule has 0 unspecified atom stereocenters. The van der Waals surface area contributed by atoms with E-state index in [-0.39, 0.29) is 5.41 Å². The van der Waals surface area contributed by atoms with Crippen LogP contribution in [0.1, 0.15) is 27.8 Å². The SMILES string of the molecule is Cc1ccc2ccccc2c1-c1cccc2c1-c1ccccc1C2(c1ccccc1)c1ccccc1. The summed E-state index contributed by atoms with van der Waals surface area (Å²) in [6, 6.07) is 51.2. The van der Waals surface area contributed by atoms with Gasteiger partial charge >= 0.3 is 0 Å². The van der Waals surface area contributed by atoms with Gasteiger partial charge in [-0.05, 0) is 67.8 Å². The van der Waals surface area contributed by atoms with Crippen molar-refractivity contribution in [1.82, 2.24) is 0 Å². The summed E-state index contributed by atoms with van der Waals surface area (Å²) in [5.74, 6) is 0. The van der Waals surface area contributed by atoms with E-state index in [0.29, 0.717) is 0 Å². The van der Waals surface area contributed by atoms with E-state index in [9.17, 15) is 0 Å². The Morgan fingerprint density at radius 3 is 1.75 bits per heavy atom. The minimum absolute atomic E-state index is 0.372. The number of aryl methyl sites for hydroxylation is 1. The molecule has 0 nitrogen and oxygen atoms in total. The standard InChI is InChI=1S/C36H26/c1-25-23-24-26-13-8-9-18-29(26)34(25)31-20-12-22-33-35(31)30-19-10-11-21-32(30)36(33,27-14-4-2-5-15-27)28-16-6-3-7-17-28/h2-24H,1H3. The lowest BCUT2D eigenvalue weighted by Gasteiger charge is -2.34. The third-order valence-electron chi connectivity index (χ3n) is 7.89. The molecule has 0 saturated carbocycles. The van der Waals surface area contributed by atoms with Crippen molar-refractivity contribution in [1.29, 1.82) is 0 Å². The Kier molecular flexibility index (Phi) is 4.69. The van der Waals surface area contributed by atoms with Crippen LogP contribution in [0.5, 0.6) is 0 Å². The molecule has 0 heteroatoms. The molecule has 0 bridgehead atoms. The van der Waals surface area contributed by atoms with Gasteiger partial charge in [0, 0.05) is 0 Å². The summed E-state index contributed by atoms with van der Waals surface area (Å²) < 4.78 is 0. The Labute approximate surface area is 212 Å². The number of hydrogen-bond donors (Lipinski definition) is 0. The number of fused-ring (bicyclic) bond motifs is 4. The monoisotopic (exact) mass is 458 g/mol. The first kappa shape index (κ1) is 20.9. The maximum atomic E-state index is 2.35. The average Bonchev–Trinajstić information content (AvgIpc) is 3.25. The molecule has 36 heavy (non-hydrogen) atoms. The first-order valence-corrected chi connectivity index (χ1v) is 12.6. The second kappa shape index (κ2) is 8.07. The van der Waals surface area contributed by atoms with Crippen LogP contribution >= 0.6 is 0 Å². The van der Waals surface area contributed by atoms with Gasteiger partial charge in [0.2, 0.25) is 0 Å². The van der Waals surface area contributed by atoms with Gasteiger partial charge in [0.25, 0.3) is 0 Å². The fraction of sp³-hybridized carbons (Fsp3) is 0.0556. The van der Waals surface area contributed by atoms with E-state index in [1.54, 1.807) is 0 Å². The van der Waals surface area contributed by atoms with Crippen LogP contribution in [0.25, 0.3) is 33.0 Å². The molecular formula is C36H26. The summed E-state index contributed by atoms with van der Waals surface area (Å²) in [7, 11) is 0. The lowest BCUT2D eigenvalue weighted by atomic mass is 9.67. The molecule has 0 atom stereocenters. The van der Waals surface area contributed by atoms with Gasteiger partial charge in [0.1, 0.15) is 0 Å². The van der Waals surface area contributed by atoms with Gasteiger partial charge in [-0.25, -0.2) is 0 Å². The quantitative estimate of drug-likeness (QED) is 0.248. The molecular weight excluding hydrogens is 432 g/mol. The summed E-state index contributed by atoms with van der Waals surface area (Å²) in [5.41, 5.74) is 11.5. The molecule has 0 heterocycles. The molecule has 0 N–H and O–H groups in total. The van der Waals surface area contributed by atoms with Crippen molar-refractivity contribution in [2.45, 2.75) is 12.3 Å². The van der Waals surface area contributed by atoms with Crippen LogP contribution in [0.3, 0.4) is 0 Å². The molecule has 1 aliphatic rings. The topological polar surface area (TPSA) is 0 Å². The molecule has 0 aliphatic heterocycles. The minimum atomic E-state index is -0.372. The maximum Gasteiger partial charge on any atom is 0.0713 e. The Morgan fingerprint density at radius 1 is 0.417 bits per heavy atom. The van der Waals surface area contributed by atoms with Crippen molar-refractivity contribution in [3.05, 3.63) is 167 Å². The smallest absolute Gasteiger partial charge is 0.0622 e. The van der Waals surface area contributed by atoms with Gasteiger partial charge in [-0.3, -0.25) is 0 Å². The first-order valence-electron chi connectivity index (χ1n) is 12.6. The van der Waals surface area contributed by atoms with E-state index in [1.165, 1.54) is 60.8 Å². The van der Waals surface area contributed by atoms with Gasteiger partial charge in [0.05, 0.1) is 5.41 Å². The Bertz CT molecular complexity index is 1690. The summed E-state index contributed by atoms with van der Waals surface area (Å²) in [5, 5.41) is 2.58. The van der Waals surface area contributed by atoms with Gasteiger partial charge in [-0.15, -0.1) is 0 Å². The molecule has 0 radical (unpaired) electrons. The summed E-state index contributed by atoms with van der Waals surface area (Å²) in [6.07, 6.45) is 0. The molecule has 0 aromatic heterocycles. The molecule has 170 valence electrons. The van der Waals surface area contributed by atoms with Gasteiger partial charge in [-0.2, -0.15) is 0 Å². The van der Waals surface area contributed by atoms with E-state index in [2.05, 4.69) is 146 Å². The molecule has 7 rings (SSSR count). The van der Waals surface area contributed by atoms with Crippen LogP contribution in [0, 0.1) is 6.92 Å². The fourth-order valence-corrected chi connectivity index (χ4v) is 6.44. The average molecular weight is 459 g/mol. The van der Waals surface area contributed by atoms with Crippen molar-refractivity contribution in [3.63, 3.8) is 0 Å². The predicted molar refractivity (Wildman–Crippen MR) is 151 cm³/mol. The van der Waals surface area contributed by atoms with Crippen LogP contribution in [0.4, 0.5) is 0 Å². The van der Waals surface area contributed by atoms with E-state index in [0.717, 1.165) is 0 Å². The maximum absolute atomic E-state index is 2.35. The highest BCUT2D eigenvalue weighted by atomic mass is 14.5. The zero-order valence-electron chi connectivity index (χ0n) is 20.3. The van der Waals surface area contributed by atoms with Crippen LogP contribution in [0.15, 0.2) is 140 Å². The van der Waals surface area contributed by atoms with Crippen molar-refractivity contribution in [2.24, 2.45) is 0 Å². The van der Waals surface area contributed by atoms with E-state index < -0.39 is 0 Å². The van der Waals surface area contributed by atoms with Crippen LogP contribution in [-0.4, -0.2) is 0 Å². The zero-order chi connectivity index (χ0) is 24.1. The number of benzene rings is 6. The van der Waals surface area contributed by atoms with Gasteiger partial charge < -0.3 is 0 Å². The molecule has 0 fully saturated rings. The lowest BCUT2D eigenvalue weighted by Crippen LogP contribution is -2.28. The number of hydrogen-bond acceptors (Lipinski definition) is 0. The van der Waals surface area contributed by atoms with Crippen LogP contribution < -0.4 is 0 Å². The fourth-order valence-electron chi connectivity index (χ4n) is 6.44. The van der Waals surface area contributed by atoms with Gasteiger partial charge in [-0.1, -0.05) is 140 Å². The van der Waals surface area contributed by atoms with Crippen molar-refractivity contribution >= 4 is 10.8 Å². The highest BCUT2D eigenvalue weighted by Gasteiger charge is 2.46. The van der Waals surface area contributed by atoms with Crippen LogP contribution in [-0.2, 0) is 5.41 Å². The molecule has 6 aromatic carbocycles. The largest absolute Gasteiger partial charge is 0.0713 e. The van der Waals surface area contributed by atoms with Crippen molar-refractivity contribution in [2.75, 3.05) is 0 Å². The van der Waals surface area contributed by atoms with E-state index >= 15 is 0 Å². The molecule has 6 aromatic rings. The second-order valence-corrected chi connectivity index (χ2v) is 9.73. The van der Waals surface area contributed by atoms with E-state index in [4.69, 9.17) is 0 Å². The second-order valence-electron chi connectivity index (χ2n) is 9.73. The zero-order valence-corrected chi connectivity index (χ0v) is 20.3. The summed E-state index contributed by atoms with van der Waals surface area (Å²) in [6.45, 7) is 2.24. The van der Waals surface area contributed by atoms with Crippen LogP contribution in [0.2, 0.25) is 0 Å². The van der Waals surface area contributed by atoms with Crippen molar-refractivity contribution in [3.8, 4) is 22.3 Å². The predicted octanol–water partition coefficient (Wildman–Crippen LogP) is 9.18. The Balaban J connectivity index is 1.66. The minimum Gasteiger partial charge on any atom is -0.0622 e. The third-order valence-corrected chi connectivity index (χ3v) is 7.89. The van der Waals surface area contributed by atoms with Gasteiger partial charge in [0.15, 0.2) is 0 Å². The normalized spacial score (nSPS) is 13.4. The third kappa shape index (κ3) is 2.82. The summed E-state index contributed by atoms with van der Waals surface area (Å²) in [4.78, 5) is 0. The number of rotatable bonds is 3. The Hall–Kier alpha value is -4.42. The van der Waals surface area contributed by atoms with Crippen molar-refractivity contribution < 1.29 is 0 Å². The molecule has 0 spiro atoms.